The largest absolute Gasteiger partial charge is 0.496 e. The van der Waals surface area contributed by atoms with Gasteiger partial charge in [-0.3, -0.25) is 4.79 Å². The van der Waals surface area contributed by atoms with Crippen LogP contribution in [0.15, 0.2) is 18.2 Å². The Morgan fingerprint density at radius 3 is 2.67 bits per heavy atom. The number of hydrogen-bond donors (Lipinski definition) is 2. The van der Waals surface area contributed by atoms with Gasteiger partial charge in [-0.05, 0) is 37.0 Å². The van der Waals surface area contributed by atoms with Gasteiger partial charge >= 0.3 is 0 Å². The second-order valence-corrected chi connectivity index (χ2v) is 6.04. The molecule has 1 fully saturated rings. The Morgan fingerprint density at radius 1 is 1.33 bits per heavy atom. The number of amides is 1. The number of carbonyl (C=O) groups excluding carboxylic acids is 1. The van der Waals surface area contributed by atoms with E-state index in [2.05, 4.69) is 5.32 Å². The maximum absolute atomic E-state index is 12.0. The molecule has 1 aliphatic carbocycles. The van der Waals surface area contributed by atoms with Crippen LogP contribution in [-0.4, -0.2) is 23.7 Å². The van der Waals surface area contributed by atoms with Gasteiger partial charge in [0.2, 0.25) is 5.91 Å². The number of aliphatic hydroxyl groups is 1. The zero-order valence-electron chi connectivity index (χ0n) is 12.9. The number of methoxy groups -OCH3 is 1. The summed E-state index contributed by atoms with van der Waals surface area (Å²) in [6.45, 7) is 2.47. The van der Waals surface area contributed by atoms with Crippen LogP contribution in [-0.2, 0) is 11.3 Å². The highest BCUT2D eigenvalue weighted by molar-refractivity contribution is 5.77. The van der Waals surface area contributed by atoms with Crippen LogP contribution in [0.25, 0.3) is 0 Å². The fourth-order valence-electron chi connectivity index (χ4n) is 3.00. The van der Waals surface area contributed by atoms with E-state index in [0.29, 0.717) is 6.54 Å². The first-order valence-corrected chi connectivity index (χ1v) is 7.65. The number of rotatable bonds is 5. The predicted molar refractivity (Wildman–Crippen MR) is 82.2 cm³/mol. The SMILES string of the molecule is COc1ccc(CNC(=O)CC2(O)CCCCC2)cc1C. The van der Waals surface area contributed by atoms with Crippen molar-refractivity contribution in [3.8, 4) is 5.75 Å². The third-order valence-electron chi connectivity index (χ3n) is 4.22. The van der Waals surface area contributed by atoms with Gasteiger partial charge in [-0.1, -0.05) is 31.4 Å². The lowest BCUT2D eigenvalue weighted by molar-refractivity contribution is -0.127. The lowest BCUT2D eigenvalue weighted by Gasteiger charge is -2.31. The number of aryl methyl sites for hydroxylation is 1. The van der Waals surface area contributed by atoms with Gasteiger partial charge in [0.05, 0.1) is 19.1 Å². The summed E-state index contributed by atoms with van der Waals surface area (Å²) in [4.78, 5) is 12.0. The first-order valence-electron chi connectivity index (χ1n) is 7.65. The van der Waals surface area contributed by atoms with Crippen LogP contribution in [0.3, 0.4) is 0 Å². The maximum Gasteiger partial charge on any atom is 0.223 e. The highest BCUT2D eigenvalue weighted by Gasteiger charge is 2.31. The normalized spacial score (nSPS) is 17.3. The average molecular weight is 291 g/mol. The lowest BCUT2D eigenvalue weighted by atomic mass is 9.82. The number of benzene rings is 1. The number of hydrogen-bond acceptors (Lipinski definition) is 3. The molecule has 1 amide bonds. The summed E-state index contributed by atoms with van der Waals surface area (Å²) in [6.07, 6.45) is 4.88. The molecule has 1 aromatic carbocycles. The minimum absolute atomic E-state index is 0.0760. The minimum Gasteiger partial charge on any atom is -0.496 e. The third kappa shape index (κ3) is 4.46. The highest BCUT2D eigenvalue weighted by Crippen LogP contribution is 2.30. The summed E-state index contributed by atoms with van der Waals surface area (Å²) < 4.78 is 5.22. The molecule has 2 rings (SSSR count). The van der Waals surface area contributed by atoms with Crippen molar-refractivity contribution in [3.63, 3.8) is 0 Å². The van der Waals surface area contributed by atoms with Gasteiger partial charge in [0, 0.05) is 6.54 Å². The first-order chi connectivity index (χ1) is 10.0. The van der Waals surface area contributed by atoms with E-state index >= 15 is 0 Å². The topological polar surface area (TPSA) is 58.6 Å². The molecule has 21 heavy (non-hydrogen) atoms. The Bertz CT molecular complexity index is 493. The molecule has 1 aliphatic rings. The standard InChI is InChI=1S/C17H25NO3/c1-13-10-14(6-7-15(13)21-2)12-18-16(19)11-17(20)8-4-3-5-9-17/h6-7,10,20H,3-5,8-9,11-12H2,1-2H3,(H,18,19). The lowest BCUT2D eigenvalue weighted by Crippen LogP contribution is -2.38. The molecule has 116 valence electrons. The van der Waals surface area contributed by atoms with E-state index in [-0.39, 0.29) is 12.3 Å². The molecule has 1 saturated carbocycles. The molecule has 0 unspecified atom stereocenters. The predicted octanol–water partition coefficient (Wildman–Crippen LogP) is 2.71. The molecule has 0 aliphatic heterocycles. The molecule has 0 radical (unpaired) electrons. The van der Waals surface area contributed by atoms with Crippen LogP contribution >= 0.6 is 0 Å². The summed E-state index contributed by atoms with van der Waals surface area (Å²) in [5.41, 5.74) is 1.30. The zero-order valence-corrected chi connectivity index (χ0v) is 12.9. The molecule has 1 aromatic rings. The van der Waals surface area contributed by atoms with E-state index in [0.717, 1.165) is 49.0 Å². The zero-order chi connectivity index (χ0) is 15.3. The fraction of sp³-hybridized carbons (Fsp3) is 0.588. The van der Waals surface area contributed by atoms with E-state index in [1.807, 2.05) is 25.1 Å². The van der Waals surface area contributed by atoms with Crippen LogP contribution in [0.5, 0.6) is 5.75 Å². The Morgan fingerprint density at radius 2 is 2.05 bits per heavy atom. The average Bonchev–Trinajstić information content (AvgIpc) is 2.45. The molecule has 0 heterocycles. The van der Waals surface area contributed by atoms with Gasteiger partial charge < -0.3 is 15.2 Å². The van der Waals surface area contributed by atoms with Crippen molar-refractivity contribution < 1.29 is 14.6 Å². The summed E-state index contributed by atoms with van der Waals surface area (Å²) in [5.74, 6) is 0.773. The summed E-state index contributed by atoms with van der Waals surface area (Å²) in [6, 6.07) is 5.86. The van der Waals surface area contributed by atoms with Crippen molar-refractivity contribution >= 4 is 5.91 Å². The van der Waals surface area contributed by atoms with Crippen molar-refractivity contribution in [1.29, 1.82) is 0 Å². The van der Waals surface area contributed by atoms with Crippen molar-refractivity contribution in [2.24, 2.45) is 0 Å². The van der Waals surface area contributed by atoms with E-state index in [9.17, 15) is 9.90 Å². The molecule has 0 atom stereocenters. The van der Waals surface area contributed by atoms with E-state index in [1.165, 1.54) is 0 Å². The molecule has 4 nitrogen and oxygen atoms in total. The number of nitrogens with one attached hydrogen (secondary N) is 1. The van der Waals surface area contributed by atoms with Crippen molar-refractivity contribution in [2.75, 3.05) is 7.11 Å². The fourth-order valence-corrected chi connectivity index (χ4v) is 3.00. The van der Waals surface area contributed by atoms with Gasteiger partial charge in [-0.2, -0.15) is 0 Å². The number of carbonyl (C=O) groups is 1. The second-order valence-electron chi connectivity index (χ2n) is 6.04. The van der Waals surface area contributed by atoms with Gasteiger partial charge in [0.1, 0.15) is 5.75 Å². The van der Waals surface area contributed by atoms with Crippen molar-refractivity contribution in [1.82, 2.24) is 5.32 Å². The van der Waals surface area contributed by atoms with Crippen LogP contribution in [0, 0.1) is 6.92 Å². The van der Waals surface area contributed by atoms with E-state index in [4.69, 9.17) is 4.74 Å². The second kappa shape index (κ2) is 6.94. The van der Waals surface area contributed by atoms with Gasteiger partial charge in [0.15, 0.2) is 0 Å². The summed E-state index contributed by atoms with van der Waals surface area (Å²) in [5, 5.41) is 13.3. The smallest absolute Gasteiger partial charge is 0.223 e. The first kappa shape index (κ1) is 15.8. The molecule has 0 spiro atoms. The third-order valence-corrected chi connectivity index (χ3v) is 4.22. The van der Waals surface area contributed by atoms with Gasteiger partial charge in [-0.15, -0.1) is 0 Å². The molecular formula is C17H25NO3. The molecule has 2 N–H and O–H groups in total. The minimum atomic E-state index is -0.793. The van der Waals surface area contributed by atoms with Crippen LogP contribution in [0.1, 0.15) is 49.7 Å². The monoisotopic (exact) mass is 291 g/mol. The van der Waals surface area contributed by atoms with E-state index in [1.54, 1.807) is 7.11 Å². The summed E-state index contributed by atoms with van der Waals surface area (Å²) >= 11 is 0. The maximum atomic E-state index is 12.0. The molecular weight excluding hydrogens is 266 g/mol. The Kier molecular flexibility index (Phi) is 5.23. The molecule has 0 aromatic heterocycles. The Hall–Kier alpha value is -1.55. The van der Waals surface area contributed by atoms with Crippen molar-refractivity contribution in [2.45, 2.75) is 57.6 Å². The highest BCUT2D eigenvalue weighted by atomic mass is 16.5. The molecule has 4 heteroatoms. The van der Waals surface area contributed by atoms with Gasteiger partial charge in [0.25, 0.3) is 0 Å². The Balaban J connectivity index is 1.84. The van der Waals surface area contributed by atoms with Crippen LogP contribution < -0.4 is 10.1 Å². The van der Waals surface area contributed by atoms with E-state index < -0.39 is 5.60 Å². The van der Waals surface area contributed by atoms with Crippen molar-refractivity contribution in [3.05, 3.63) is 29.3 Å². The number of ether oxygens (including phenoxy) is 1. The molecule has 0 saturated heterocycles. The van der Waals surface area contributed by atoms with Gasteiger partial charge in [-0.25, -0.2) is 0 Å². The van der Waals surface area contributed by atoms with Crippen LogP contribution in [0.2, 0.25) is 0 Å². The molecule has 0 bridgehead atoms. The summed E-state index contributed by atoms with van der Waals surface area (Å²) in [7, 11) is 1.65. The Labute approximate surface area is 126 Å². The quantitative estimate of drug-likeness (QED) is 0.877. The van der Waals surface area contributed by atoms with Crippen LogP contribution in [0.4, 0.5) is 0 Å².